The summed E-state index contributed by atoms with van der Waals surface area (Å²) in [6.07, 6.45) is 0. The summed E-state index contributed by atoms with van der Waals surface area (Å²) in [5.41, 5.74) is 1.30. The third kappa shape index (κ3) is 4.72. The molecule has 1 amide bonds. The Morgan fingerprint density at radius 1 is 1.10 bits per heavy atom. The lowest BCUT2D eigenvalue weighted by atomic mass is 10.0. The average Bonchev–Trinajstić information content (AvgIpc) is 2.98. The van der Waals surface area contributed by atoms with E-state index in [2.05, 4.69) is 10.1 Å². The molecule has 1 aromatic heterocycles. The first kappa shape index (κ1) is 20.8. The predicted molar refractivity (Wildman–Crippen MR) is 107 cm³/mol. The Hall–Kier alpha value is -2.97. The highest BCUT2D eigenvalue weighted by Gasteiger charge is 2.24. The van der Waals surface area contributed by atoms with Crippen LogP contribution in [-0.4, -0.2) is 23.6 Å². The SMILES string of the molecule is Cc1sc(NC(=O)c2ccc(OC(F)F)cc2)c(C(=O)O)c1-c1ccc(Cl)cc1. The quantitative estimate of drug-likeness (QED) is 0.501. The van der Waals surface area contributed by atoms with E-state index in [1.807, 2.05) is 0 Å². The fourth-order valence-electron chi connectivity index (χ4n) is 2.76. The van der Waals surface area contributed by atoms with Crippen molar-refractivity contribution in [3.63, 3.8) is 0 Å². The molecular weight excluding hydrogens is 424 g/mol. The molecular formula is C20H14ClF2NO4S. The molecule has 3 aromatic rings. The monoisotopic (exact) mass is 437 g/mol. The molecule has 9 heteroatoms. The maximum Gasteiger partial charge on any atom is 0.387 e. The number of carbonyl (C=O) groups excluding carboxylic acids is 1. The van der Waals surface area contributed by atoms with Crippen LogP contribution in [-0.2, 0) is 0 Å². The lowest BCUT2D eigenvalue weighted by Crippen LogP contribution is -2.13. The van der Waals surface area contributed by atoms with Gasteiger partial charge in [0, 0.05) is 21.0 Å². The number of carboxylic acid groups (broad SMARTS) is 1. The number of aryl methyl sites for hydroxylation is 1. The maximum absolute atomic E-state index is 12.5. The fourth-order valence-corrected chi connectivity index (χ4v) is 3.95. The van der Waals surface area contributed by atoms with Crippen molar-refractivity contribution < 1.29 is 28.2 Å². The molecule has 3 rings (SSSR count). The molecule has 0 radical (unpaired) electrons. The molecule has 29 heavy (non-hydrogen) atoms. The smallest absolute Gasteiger partial charge is 0.387 e. The number of carbonyl (C=O) groups is 2. The van der Waals surface area contributed by atoms with Crippen LogP contribution in [0.25, 0.3) is 11.1 Å². The summed E-state index contributed by atoms with van der Waals surface area (Å²) in [6.45, 7) is -1.21. The van der Waals surface area contributed by atoms with Crippen LogP contribution in [0.4, 0.5) is 13.8 Å². The molecule has 1 heterocycles. The van der Waals surface area contributed by atoms with Crippen molar-refractivity contribution in [1.82, 2.24) is 0 Å². The van der Waals surface area contributed by atoms with E-state index < -0.39 is 18.5 Å². The van der Waals surface area contributed by atoms with E-state index in [1.54, 1.807) is 31.2 Å². The lowest BCUT2D eigenvalue weighted by molar-refractivity contribution is -0.0498. The molecule has 0 spiro atoms. The third-order valence-electron chi connectivity index (χ3n) is 4.00. The number of rotatable bonds is 6. The van der Waals surface area contributed by atoms with Gasteiger partial charge in [0.25, 0.3) is 5.91 Å². The van der Waals surface area contributed by atoms with Crippen molar-refractivity contribution in [2.75, 3.05) is 5.32 Å². The van der Waals surface area contributed by atoms with Crippen molar-refractivity contribution in [1.29, 1.82) is 0 Å². The van der Waals surface area contributed by atoms with E-state index in [1.165, 1.54) is 24.3 Å². The number of alkyl halides is 2. The molecule has 0 fully saturated rings. The number of hydrogen-bond donors (Lipinski definition) is 2. The number of halogens is 3. The Balaban J connectivity index is 1.91. The van der Waals surface area contributed by atoms with Crippen molar-refractivity contribution in [3.05, 3.63) is 69.6 Å². The van der Waals surface area contributed by atoms with Crippen molar-refractivity contribution in [2.45, 2.75) is 13.5 Å². The van der Waals surface area contributed by atoms with Crippen LogP contribution in [0.1, 0.15) is 25.6 Å². The molecule has 0 aliphatic carbocycles. The van der Waals surface area contributed by atoms with E-state index in [-0.39, 0.29) is 21.9 Å². The van der Waals surface area contributed by atoms with E-state index >= 15 is 0 Å². The zero-order valence-electron chi connectivity index (χ0n) is 14.9. The summed E-state index contributed by atoms with van der Waals surface area (Å²) in [6, 6.07) is 11.8. The maximum atomic E-state index is 12.5. The normalized spacial score (nSPS) is 10.8. The van der Waals surface area contributed by atoms with Gasteiger partial charge in [0.05, 0.1) is 0 Å². The van der Waals surface area contributed by atoms with Gasteiger partial charge in [-0.2, -0.15) is 8.78 Å². The topological polar surface area (TPSA) is 75.6 Å². The molecule has 2 N–H and O–H groups in total. The molecule has 150 valence electrons. The van der Waals surface area contributed by atoms with E-state index in [0.29, 0.717) is 21.0 Å². The predicted octanol–water partition coefficient (Wildman–Crippen LogP) is 5.93. The van der Waals surface area contributed by atoms with Crippen molar-refractivity contribution >= 4 is 39.8 Å². The number of nitrogens with one attached hydrogen (secondary N) is 1. The van der Waals surface area contributed by atoms with Gasteiger partial charge in [-0.1, -0.05) is 23.7 Å². The van der Waals surface area contributed by atoms with Crippen molar-refractivity contribution in [2.24, 2.45) is 0 Å². The first-order valence-corrected chi connectivity index (χ1v) is 9.44. The van der Waals surface area contributed by atoms with Crippen LogP contribution in [0.5, 0.6) is 5.75 Å². The molecule has 0 aliphatic heterocycles. The number of aromatic carboxylic acids is 1. The zero-order valence-corrected chi connectivity index (χ0v) is 16.5. The minimum atomic E-state index is -2.96. The Kier molecular flexibility index (Phi) is 6.14. The number of hydrogen-bond acceptors (Lipinski definition) is 4. The van der Waals surface area contributed by atoms with Gasteiger partial charge in [0.15, 0.2) is 0 Å². The van der Waals surface area contributed by atoms with Crippen LogP contribution in [0.15, 0.2) is 48.5 Å². The van der Waals surface area contributed by atoms with Gasteiger partial charge in [0.2, 0.25) is 0 Å². The zero-order chi connectivity index (χ0) is 21.1. The first-order valence-electron chi connectivity index (χ1n) is 8.25. The van der Waals surface area contributed by atoms with Gasteiger partial charge in [-0.3, -0.25) is 4.79 Å². The first-order chi connectivity index (χ1) is 13.8. The highest BCUT2D eigenvalue weighted by molar-refractivity contribution is 7.17. The number of amides is 1. The van der Waals surface area contributed by atoms with Gasteiger partial charge in [-0.05, 0) is 48.9 Å². The highest BCUT2D eigenvalue weighted by Crippen LogP contribution is 2.40. The third-order valence-corrected chi connectivity index (χ3v) is 5.27. The van der Waals surface area contributed by atoms with Gasteiger partial charge in [-0.15, -0.1) is 11.3 Å². The van der Waals surface area contributed by atoms with Crippen LogP contribution in [0.3, 0.4) is 0 Å². The van der Waals surface area contributed by atoms with E-state index in [9.17, 15) is 23.5 Å². The molecule has 0 bridgehead atoms. The van der Waals surface area contributed by atoms with Crippen LogP contribution < -0.4 is 10.1 Å². The molecule has 0 aliphatic rings. The highest BCUT2D eigenvalue weighted by atomic mass is 35.5. The van der Waals surface area contributed by atoms with Crippen LogP contribution in [0.2, 0.25) is 5.02 Å². The summed E-state index contributed by atoms with van der Waals surface area (Å²) >= 11 is 7.03. The molecule has 0 atom stereocenters. The van der Waals surface area contributed by atoms with Gasteiger partial charge < -0.3 is 15.2 Å². The van der Waals surface area contributed by atoms with E-state index in [0.717, 1.165) is 11.3 Å². The lowest BCUT2D eigenvalue weighted by Gasteiger charge is -2.08. The molecule has 0 unspecified atom stereocenters. The second kappa shape index (κ2) is 8.59. The Morgan fingerprint density at radius 2 is 1.72 bits per heavy atom. The molecule has 0 saturated heterocycles. The number of thiophene rings is 1. The summed E-state index contributed by atoms with van der Waals surface area (Å²) < 4.78 is 28.7. The van der Waals surface area contributed by atoms with Crippen LogP contribution >= 0.6 is 22.9 Å². The van der Waals surface area contributed by atoms with Crippen LogP contribution in [0, 0.1) is 6.92 Å². The largest absolute Gasteiger partial charge is 0.478 e. The van der Waals surface area contributed by atoms with E-state index in [4.69, 9.17) is 11.6 Å². The molecule has 0 saturated carbocycles. The molecule has 5 nitrogen and oxygen atoms in total. The van der Waals surface area contributed by atoms with Gasteiger partial charge >= 0.3 is 12.6 Å². The van der Waals surface area contributed by atoms with Gasteiger partial charge in [0.1, 0.15) is 16.3 Å². The second-order valence-electron chi connectivity index (χ2n) is 5.91. The Labute approximate surface area is 173 Å². The number of ether oxygens (including phenoxy) is 1. The number of anilines is 1. The van der Waals surface area contributed by atoms with Gasteiger partial charge in [-0.25, -0.2) is 4.79 Å². The summed E-state index contributed by atoms with van der Waals surface area (Å²) in [7, 11) is 0. The standard InChI is InChI=1S/C20H14ClF2NO4S/c1-10-15(11-2-6-13(21)7-3-11)16(19(26)27)18(29-10)24-17(25)12-4-8-14(9-5-12)28-20(22)23/h2-9,20H,1H3,(H,24,25)(H,26,27). The Bertz CT molecular complexity index is 1050. The summed E-state index contributed by atoms with van der Waals surface area (Å²) in [4.78, 5) is 25.1. The average molecular weight is 438 g/mol. The minimum absolute atomic E-state index is 0.0270. The fraction of sp³-hybridized carbons (Fsp3) is 0.100. The van der Waals surface area contributed by atoms with Crippen molar-refractivity contribution in [3.8, 4) is 16.9 Å². The number of benzene rings is 2. The molecule has 2 aromatic carbocycles. The summed E-state index contributed by atoms with van der Waals surface area (Å²) in [5.74, 6) is -1.84. The second-order valence-corrected chi connectivity index (χ2v) is 7.57. The number of carboxylic acids is 1. The Morgan fingerprint density at radius 3 is 2.28 bits per heavy atom. The summed E-state index contributed by atoms with van der Waals surface area (Å²) in [5, 5.41) is 13.0. The minimum Gasteiger partial charge on any atom is -0.478 e.